The molecule has 0 aromatic heterocycles. The smallest absolute Gasteiger partial charge is 0.242 e. The summed E-state index contributed by atoms with van der Waals surface area (Å²) >= 11 is 0. The first-order valence-corrected chi connectivity index (χ1v) is 7.10. The van der Waals surface area contributed by atoms with Gasteiger partial charge in [0.1, 0.15) is 9.84 Å². The van der Waals surface area contributed by atoms with Crippen molar-refractivity contribution < 1.29 is 13.2 Å². The van der Waals surface area contributed by atoms with Crippen molar-refractivity contribution >= 4 is 28.2 Å². The number of rotatable bonds is 5. The zero-order chi connectivity index (χ0) is 11.7. The van der Waals surface area contributed by atoms with E-state index in [1.165, 1.54) is 11.2 Å². The Hall–Kier alpha value is -0.330. The Morgan fingerprint density at radius 2 is 1.94 bits per heavy atom. The van der Waals surface area contributed by atoms with Crippen molar-refractivity contribution in [2.24, 2.45) is 5.73 Å². The fourth-order valence-electron chi connectivity index (χ4n) is 1.34. The van der Waals surface area contributed by atoms with E-state index in [-0.39, 0.29) is 30.6 Å². The summed E-state index contributed by atoms with van der Waals surface area (Å²) in [5, 5.41) is 0. The Bertz CT molecular complexity index is 352. The van der Waals surface area contributed by atoms with Crippen molar-refractivity contribution in [3.05, 3.63) is 0 Å². The molecule has 0 unspecified atom stereocenters. The minimum absolute atomic E-state index is 0. The predicted octanol–water partition coefficient (Wildman–Crippen LogP) is -0.207. The van der Waals surface area contributed by atoms with Gasteiger partial charge in [-0.05, 0) is 19.8 Å². The van der Waals surface area contributed by atoms with Crippen LogP contribution in [0.25, 0.3) is 0 Å². The third kappa shape index (κ3) is 4.27. The van der Waals surface area contributed by atoms with Gasteiger partial charge in [0.15, 0.2) is 0 Å². The lowest BCUT2D eigenvalue weighted by atomic mass is 10.2. The molecule has 5 nitrogen and oxygen atoms in total. The number of hydrogen-bond donors (Lipinski definition) is 1. The highest BCUT2D eigenvalue weighted by Gasteiger charge is 2.47. The largest absolute Gasteiger partial charge is 0.340 e. The minimum Gasteiger partial charge on any atom is -0.340 e. The summed E-state index contributed by atoms with van der Waals surface area (Å²) < 4.78 is 21.9. The van der Waals surface area contributed by atoms with E-state index in [1.807, 2.05) is 6.92 Å². The maximum atomic E-state index is 11.8. The molecule has 0 saturated heterocycles. The van der Waals surface area contributed by atoms with E-state index in [0.717, 1.165) is 0 Å². The van der Waals surface area contributed by atoms with Crippen LogP contribution >= 0.6 is 12.4 Å². The topological polar surface area (TPSA) is 80.5 Å². The number of nitrogens with zero attached hydrogens (tertiary/aromatic N) is 1. The summed E-state index contributed by atoms with van der Waals surface area (Å²) in [5.41, 5.74) is 5.06. The molecule has 1 aliphatic rings. The molecule has 96 valence electrons. The predicted molar refractivity (Wildman–Crippen MR) is 65.4 cm³/mol. The van der Waals surface area contributed by atoms with Crippen LogP contribution in [0.1, 0.15) is 19.8 Å². The van der Waals surface area contributed by atoms with E-state index in [0.29, 0.717) is 19.4 Å². The first-order valence-electron chi connectivity index (χ1n) is 5.04. The Morgan fingerprint density at radius 1 is 1.44 bits per heavy atom. The van der Waals surface area contributed by atoms with Gasteiger partial charge in [-0.3, -0.25) is 4.79 Å². The van der Waals surface area contributed by atoms with E-state index < -0.39 is 15.4 Å². The van der Waals surface area contributed by atoms with Crippen LogP contribution in [0.2, 0.25) is 0 Å². The lowest BCUT2D eigenvalue weighted by molar-refractivity contribution is -0.133. The number of halogens is 1. The normalized spacial score (nSPS) is 17.4. The zero-order valence-electron chi connectivity index (χ0n) is 9.60. The molecule has 1 amide bonds. The maximum absolute atomic E-state index is 11.8. The molecule has 0 aromatic carbocycles. The number of nitrogens with two attached hydrogens (primary N) is 1. The van der Waals surface area contributed by atoms with Gasteiger partial charge in [0.2, 0.25) is 5.91 Å². The molecule has 1 aliphatic carbocycles. The van der Waals surface area contributed by atoms with Gasteiger partial charge in [0.05, 0.1) is 11.3 Å². The highest BCUT2D eigenvalue weighted by molar-refractivity contribution is 7.90. The summed E-state index contributed by atoms with van der Waals surface area (Å²) in [6, 6.07) is 0. The molecule has 0 radical (unpaired) electrons. The molecule has 1 rings (SSSR count). The fraction of sp³-hybridized carbons (Fsp3) is 0.889. The van der Waals surface area contributed by atoms with Crippen LogP contribution in [-0.4, -0.2) is 49.9 Å². The number of sulfone groups is 1. The van der Waals surface area contributed by atoms with Crippen molar-refractivity contribution in [2.45, 2.75) is 25.3 Å². The first-order chi connectivity index (χ1) is 6.78. The van der Waals surface area contributed by atoms with Gasteiger partial charge in [0, 0.05) is 19.3 Å². The van der Waals surface area contributed by atoms with Crippen molar-refractivity contribution in [3.8, 4) is 0 Å². The third-order valence-electron chi connectivity index (χ3n) is 2.62. The lowest BCUT2D eigenvalue weighted by Gasteiger charge is -2.23. The fourth-order valence-corrected chi connectivity index (χ4v) is 1.89. The van der Waals surface area contributed by atoms with Gasteiger partial charge in [-0.25, -0.2) is 8.42 Å². The van der Waals surface area contributed by atoms with Crippen LogP contribution in [0, 0.1) is 0 Å². The summed E-state index contributed by atoms with van der Waals surface area (Å²) in [5.74, 6) is -0.114. The highest BCUT2D eigenvalue weighted by Crippen LogP contribution is 2.33. The molecule has 0 spiro atoms. The van der Waals surface area contributed by atoms with E-state index in [4.69, 9.17) is 5.73 Å². The Kier molecular flexibility index (Phi) is 5.22. The van der Waals surface area contributed by atoms with Gasteiger partial charge in [0.25, 0.3) is 0 Å². The molecule has 0 atom stereocenters. The van der Waals surface area contributed by atoms with Crippen LogP contribution < -0.4 is 5.73 Å². The van der Waals surface area contributed by atoms with Crippen molar-refractivity contribution in [1.29, 1.82) is 0 Å². The Morgan fingerprint density at radius 3 is 2.25 bits per heavy atom. The second-order valence-electron chi connectivity index (χ2n) is 4.17. The molecule has 1 fully saturated rings. The standard InChI is InChI=1S/C9H18N2O3S.ClH/c1-3-11(6-7-15(2,13)14)8(12)9(10)4-5-9;/h3-7,10H2,1-2H3;1H. The quantitative estimate of drug-likeness (QED) is 0.750. The molecular formula is C9H19ClN2O3S. The monoisotopic (exact) mass is 270 g/mol. The van der Waals surface area contributed by atoms with Crippen LogP contribution in [0.4, 0.5) is 0 Å². The van der Waals surface area contributed by atoms with E-state index >= 15 is 0 Å². The van der Waals surface area contributed by atoms with E-state index in [1.54, 1.807) is 0 Å². The number of hydrogen-bond acceptors (Lipinski definition) is 4. The van der Waals surface area contributed by atoms with Crippen molar-refractivity contribution in [1.82, 2.24) is 4.90 Å². The maximum Gasteiger partial charge on any atom is 0.242 e. The lowest BCUT2D eigenvalue weighted by Crippen LogP contribution is -2.47. The number of amides is 1. The van der Waals surface area contributed by atoms with Crippen LogP contribution in [0.3, 0.4) is 0 Å². The molecule has 2 N–H and O–H groups in total. The van der Waals surface area contributed by atoms with Gasteiger partial charge < -0.3 is 10.6 Å². The first kappa shape index (κ1) is 15.7. The SMILES string of the molecule is CCN(CCS(C)(=O)=O)C(=O)C1(N)CC1.Cl. The molecule has 1 saturated carbocycles. The molecular weight excluding hydrogens is 252 g/mol. The second kappa shape index (κ2) is 5.33. The average Bonchev–Trinajstić information content (AvgIpc) is 2.84. The summed E-state index contributed by atoms with van der Waals surface area (Å²) in [7, 11) is -3.02. The molecule has 7 heteroatoms. The molecule has 0 aliphatic heterocycles. The van der Waals surface area contributed by atoms with Crippen LogP contribution in [0.5, 0.6) is 0 Å². The molecule has 0 heterocycles. The number of carbonyl (C=O) groups excluding carboxylic acids is 1. The van der Waals surface area contributed by atoms with Gasteiger partial charge in [-0.15, -0.1) is 12.4 Å². The van der Waals surface area contributed by atoms with Crippen LogP contribution in [0.15, 0.2) is 0 Å². The average molecular weight is 271 g/mol. The summed E-state index contributed by atoms with van der Waals surface area (Å²) in [4.78, 5) is 13.3. The zero-order valence-corrected chi connectivity index (χ0v) is 11.2. The number of carbonyl (C=O) groups is 1. The second-order valence-corrected chi connectivity index (χ2v) is 6.43. The molecule has 0 bridgehead atoms. The molecule has 16 heavy (non-hydrogen) atoms. The van der Waals surface area contributed by atoms with Gasteiger partial charge >= 0.3 is 0 Å². The van der Waals surface area contributed by atoms with Gasteiger partial charge in [-0.1, -0.05) is 0 Å². The number of likely N-dealkylation sites (N-methyl/N-ethyl adjacent to an activating group) is 1. The van der Waals surface area contributed by atoms with E-state index in [2.05, 4.69) is 0 Å². The minimum atomic E-state index is -3.02. The summed E-state index contributed by atoms with van der Waals surface area (Å²) in [6.07, 6.45) is 2.59. The highest BCUT2D eigenvalue weighted by atomic mass is 35.5. The Labute approximate surface area is 103 Å². The molecule has 0 aromatic rings. The van der Waals surface area contributed by atoms with Gasteiger partial charge in [-0.2, -0.15) is 0 Å². The van der Waals surface area contributed by atoms with E-state index in [9.17, 15) is 13.2 Å². The Balaban J connectivity index is 0.00000225. The van der Waals surface area contributed by atoms with Crippen molar-refractivity contribution in [2.75, 3.05) is 25.1 Å². The summed E-state index contributed by atoms with van der Waals surface area (Å²) in [6.45, 7) is 2.58. The third-order valence-corrected chi connectivity index (χ3v) is 3.54. The van der Waals surface area contributed by atoms with Crippen molar-refractivity contribution in [3.63, 3.8) is 0 Å². The van der Waals surface area contributed by atoms with Crippen LogP contribution in [-0.2, 0) is 14.6 Å².